The van der Waals surface area contributed by atoms with E-state index in [0.29, 0.717) is 10.6 Å². The summed E-state index contributed by atoms with van der Waals surface area (Å²) in [6.07, 6.45) is 3.92. The van der Waals surface area contributed by atoms with E-state index >= 15 is 0 Å². The smallest absolute Gasteiger partial charge is 0.306 e. The predicted octanol–water partition coefficient (Wildman–Crippen LogP) is 3.22. The summed E-state index contributed by atoms with van der Waals surface area (Å²) >= 11 is 6.02. The molecule has 0 spiro atoms. The van der Waals surface area contributed by atoms with E-state index in [0.717, 1.165) is 25.5 Å². The Morgan fingerprint density at radius 1 is 1.39 bits per heavy atom. The molecular weight excluding hydrogens is 338 g/mol. The maximum absolute atomic E-state index is 12.6. The Bertz CT molecular complexity index is 683. The van der Waals surface area contributed by atoms with Gasteiger partial charge in [0.1, 0.15) is 5.75 Å². The molecule has 0 atom stereocenters. The maximum Gasteiger partial charge on any atom is 0.306 e. The van der Waals surface area contributed by atoms with Crippen LogP contribution in [0.3, 0.4) is 0 Å². The Hall–Kier alpha value is -1.27. The van der Waals surface area contributed by atoms with E-state index in [1.54, 1.807) is 17.0 Å². The number of rotatable bonds is 6. The summed E-state index contributed by atoms with van der Waals surface area (Å²) in [5.74, 6) is 0.399. The highest BCUT2D eigenvalue weighted by molar-refractivity contribution is 7.86. The average Bonchev–Trinajstić information content (AvgIpc) is 2.34. The molecule has 0 aromatic heterocycles. The van der Waals surface area contributed by atoms with Crippen molar-refractivity contribution in [1.29, 1.82) is 0 Å². The van der Waals surface area contributed by atoms with Crippen LogP contribution in [0.25, 0.3) is 0 Å². The first kappa shape index (κ1) is 18.1. The fourth-order valence-corrected chi connectivity index (χ4v) is 3.19. The number of amides is 1. The fraction of sp³-hybridized carbons (Fsp3) is 0.562. The van der Waals surface area contributed by atoms with Crippen molar-refractivity contribution in [2.75, 3.05) is 6.26 Å². The molecule has 7 heteroatoms. The molecule has 128 valence electrons. The van der Waals surface area contributed by atoms with E-state index in [1.807, 2.05) is 13.8 Å². The number of benzene rings is 1. The Morgan fingerprint density at radius 3 is 2.52 bits per heavy atom. The molecule has 1 fully saturated rings. The van der Waals surface area contributed by atoms with Crippen molar-refractivity contribution in [1.82, 2.24) is 4.90 Å². The second kappa shape index (κ2) is 7.09. The Labute approximate surface area is 142 Å². The summed E-state index contributed by atoms with van der Waals surface area (Å²) in [5.41, 5.74) is 0.587. The van der Waals surface area contributed by atoms with E-state index in [4.69, 9.17) is 15.8 Å². The first-order valence-corrected chi connectivity index (χ1v) is 9.85. The van der Waals surface area contributed by atoms with Crippen LogP contribution in [0.15, 0.2) is 18.2 Å². The molecule has 1 aliphatic carbocycles. The predicted molar refractivity (Wildman–Crippen MR) is 90.0 cm³/mol. The van der Waals surface area contributed by atoms with Crippen LogP contribution in [0, 0.1) is 5.92 Å². The summed E-state index contributed by atoms with van der Waals surface area (Å²) in [5, 5.41) is 0.473. The van der Waals surface area contributed by atoms with Crippen LogP contribution in [0.2, 0.25) is 5.02 Å². The van der Waals surface area contributed by atoms with Gasteiger partial charge in [0.05, 0.1) is 6.26 Å². The van der Waals surface area contributed by atoms with E-state index in [2.05, 4.69) is 0 Å². The van der Waals surface area contributed by atoms with Gasteiger partial charge in [-0.25, -0.2) is 0 Å². The minimum Gasteiger partial charge on any atom is -0.382 e. The highest BCUT2D eigenvalue weighted by Crippen LogP contribution is 2.31. The number of carbonyl (C=O) groups is 1. The van der Waals surface area contributed by atoms with Crippen molar-refractivity contribution in [3.05, 3.63) is 28.8 Å². The van der Waals surface area contributed by atoms with Crippen molar-refractivity contribution < 1.29 is 17.4 Å². The van der Waals surface area contributed by atoms with Crippen molar-refractivity contribution in [2.45, 2.75) is 45.7 Å². The lowest BCUT2D eigenvalue weighted by atomic mass is 9.84. The zero-order chi connectivity index (χ0) is 17.2. The first-order valence-electron chi connectivity index (χ1n) is 7.65. The SMILES string of the molecule is CC(C)N(Cc1cc(Cl)ccc1OS(C)(=O)=O)C(=O)C1CCC1. The van der Waals surface area contributed by atoms with Gasteiger partial charge in [-0.2, -0.15) is 8.42 Å². The number of nitrogens with zero attached hydrogens (tertiary/aromatic N) is 1. The molecule has 0 N–H and O–H groups in total. The number of carbonyl (C=O) groups excluding carboxylic acids is 1. The molecule has 0 heterocycles. The zero-order valence-corrected chi connectivity index (χ0v) is 15.2. The van der Waals surface area contributed by atoms with Gasteiger partial charge in [-0.05, 0) is 44.9 Å². The zero-order valence-electron chi connectivity index (χ0n) is 13.6. The van der Waals surface area contributed by atoms with Gasteiger partial charge in [-0.3, -0.25) is 4.79 Å². The summed E-state index contributed by atoms with van der Waals surface area (Å²) in [7, 11) is -3.65. The van der Waals surface area contributed by atoms with Crippen LogP contribution in [0.4, 0.5) is 0 Å². The second-order valence-electron chi connectivity index (χ2n) is 6.23. The van der Waals surface area contributed by atoms with Gasteiger partial charge in [-0.15, -0.1) is 0 Å². The molecular formula is C16H22ClNO4S. The molecule has 1 aromatic carbocycles. The van der Waals surface area contributed by atoms with Crippen LogP contribution in [-0.4, -0.2) is 31.5 Å². The van der Waals surface area contributed by atoms with Crippen molar-refractivity contribution in [3.63, 3.8) is 0 Å². The Kier molecular flexibility index (Phi) is 5.57. The lowest BCUT2D eigenvalue weighted by molar-refractivity contribution is -0.140. The van der Waals surface area contributed by atoms with Gasteiger partial charge in [-0.1, -0.05) is 18.0 Å². The molecule has 5 nitrogen and oxygen atoms in total. The number of hydrogen-bond donors (Lipinski definition) is 0. The highest BCUT2D eigenvalue weighted by atomic mass is 35.5. The van der Waals surface area contributed by atoms with E-state index in [9.17, 15) is 13.2 Å². The topological polar surface area (TPSA) is 63.7 Å². The van der Waals surface area contributed by atoms with Crippen LogP contribution in [0.1, 0.15) is 38.7 Å². The van der Waals surface area contributed by atoms with Gasteiger partial charge in [0.2, 0.25) is 5.91 Å². The third-order valence-corrected chi connectivity index (χ3v) is 4.68. The fourth-order valence-electron chi connectivity index (χ4n) is 2.50. The molecule has 1 saturated carbocycles. The van der Waals surface area contributed by atoms with Gasteiger partial charge in [0.15, 0.2) is 0 Å². The van der Waals surface area contributed by atoms with E-state index < -0.39 is 10.1 Å². The van der Waals surface area contributed by atoms with Crippen molar-refractivity contribution in [2.24, 2.45) is 5.92 Å². The van der Waals surface area contributed by atoms with E-state index in [1.165, 1.54) is 6.07 Å². The van der Waals surface area contributed by atoms with Crippen LogP contribution in [-0.2, 0) is 21.5 Å². The molecule has 0 unspecified atom stereocenters. The summed E-state index contributed by atoms with van der Waals surface area (Å²) in [6, 6.07) is 4.74. The summed E-state index contributed by atoms with van der Waals surface area (Å²) in [4.78, 5) is 14.3. The molecule has 23 heavy (non-hydrogen) atoms. The molecule has 1 aliphatic rings. The van der Waals surface area contributed by atoms with Gasteiger partial charge < -0.3 is 9.08 Å². The normalized spacial score (nSPS) is 15.3. The molecule has 2 rings (SSSR count). The third kappa shape index (κ3) is 4.85. The van der Waals surface area contributed by atoms with Crippen molar-refractivity contribution in [3.8, 4) is 5.75 Å². The first-order chi connectivity index (χ1) is 10.7. The van der Waals surface area contributed by atoms with E-state index in [-0.39, 0.29) is 30.2 Å². The Balaban J connectivity index is 2.27. The standard InChI is InChI=1S/C16H22ClNO4S/c1-11(2)18(16(19)12-5-4-6-12)10-13-9-14(17)7-8-15(13)22-23(3,20)21/h7-9,11-12H,4-6,10H2,1-3H3. The number of hydrogen-bond acceptors (Lipinski definition) is 4. The molecule has 0 saturated heterocycles. The minimum absolute atomic E-state index is 0.00756. The average molecular weight is 360 g/mol. The quantitative estimate of drug-likeness (QED) is 0.731. The molecule has 1 aromatic rings. The van der Waals surface area contributed by atoms with Crippen LogP contribution >= 0.6 is 11.6 Å². The van der Waals surface area contributed by atoms with Crippen molar-refractivity contribution >= 4 is 27.6 Å². The molecule has 1 amide bonds. The molecule has 0 radical (unpaired) electrons. The third-order valence-electron chi connectivity index (χ3n) is 3.97. The largest absolute Gasteiger partial charge is 0.382 e. The maximum atomic E-state index is 12.6. The van der Waals surface area contributed by atoms with Crippen LogP contribution in [0.5, 0.6) is 5.75 Å². The lowest BCUT2D eigenvalue weighted by Gasteiger charge is -2.34. The lowest BCUT2D eigenvalue weighted by Crippen LogP contribution is -2.42. The summed E-state index contributed by atoms with van der Waals surface area (Å²) in [6.45, 7) is 4.16. The Morgan fingerprint density at radius 2 is 2.04 bits per heavy atom. The van der Waals surface area contributed by atoms with Gasteiger partial charge in [0.25, 0.3) is 0 Å². The monoisotopic (exact) mass is 359 g/mol. The summed E-state index contributed by atoms with van der Waals surface area (Å²) < 4.78 is 27.9. The second-order valence-corrected chi connectivity index (χ2v) is 8.24. The number of halogens is 1. The molecule has 0 aliphatic heterocycles. The molecule has 0 bridgehead atoms. The minimum atomic E-state index is -3.65. The van der Waals surface area contributed by atoms with Gasteiger partial charge in [0, 0.05) is 29.1 Å². The highest BCUT2D eigenvalue weighted by Gasteiger charge is 2.31. The van der Waals surface area contributed by atoms with Crippen LogP contribution < -0.4 is 4.18 Å². The van der Waals surface area contributed by atoms with Gasteiger partial charge >= 0.3 is 10.1 Å².